The molecule has 2 unspecified atom stereocenters. The van der Waals surface area contributed by atoms with Crippen LogP contribution < -0.4 is 0 Å². The Balaban J connectivity index is 2.49. The van der Waals surface area contributed by atoms with Crippen LogP contribution in [-0.2, 0) is 38.7 Å². The van der Waals surface area contributed by atoms with E-state index in [-0.39, 0.29) is 19.4 Å². The van der Waals surface area contributed by atoms with Gasteiger partial charge in [0.15, 0.2) is 12.4 Å². The van der Waals surface area contributed by atoms with E-state index in [0.29, 0.717) is 12.8 Å². The topological polar surface area (TPSA) is 186 Å². The van der Waals surface area contributed by atoms with Crippen molar-refractivity contribution >= 4 is 22.1 Å². The molecular weight excluding hydrogens is 765 g/mol. The molecule has 6 atom stereocenters. The van der Waals surface area contributed by atoms with Crippen LogP contribution in [0.2, 0.25) is 0 Å². The average molecular weight is 845 g/mol. The van der Waals surface area contributed by atoms with Crippen molar-refractivity contribution in [3.63, 3.8) is 0 Å². The van der Waals surface area contributed by atoms with Crippen LogP contribution >= 0.6 is 0 Å². The highest BCUT2D eigenvalue weighted by Gasteiger charge is 2.46. The van der Waals surface area contributed by atoms with Gasteiger partial charge in [0.2, 0.25) is 0 Å². The fourth-order valence-electron chi connectivity index (χ4n) is 6.73. The molecule has 0 aromatic heterocycles. The minimum Gasteiger partial charge on any atom is -0.462 e. The maximum Gasteiger partial charge on any atom is 0.306 e. The van der Waals surface area contributed by atoms with E-state index in [1.165, 1.54) is 96.3 Å². The van der Waals surface area contributed by atoms with Crippen LogP contribution in [-0.4, -0.2) is 96.0 Å². The van der Waals surface area contributed by atoms with Crippen LogP contribution in [0.1, 0.15) is 187 Å². The van der Waals surface area contributed by atoms with Gasteiger partial charge in [-0.05, 0) is 63.5 Å². The summed E-state index contributed by atoms with van der Waals surface area (Å²) in [5.41, 5.74) is 3.27. The van der Waals surface area contributed by atoms with E-state index in [2.05, 4.69) is 37.8 Å². The smallest absolute Gasteiger partial charge is 0.306 e. The van der Waals surface area contributed by atoms with Crippen molar-refractivity contribution in [2.45, 2.75) is 224 Å². The molecular formula is C45H80O12S. The fraction of sp³-hybridized carbons (Fsp3) is 0.844. The van der Waals surface area contributed by atoms with Gasteiger partial charge in [-0.1, -0.05) is 135 Å². The second-order valence-electron chi connectivity index (χ2n) is 15.8. The highest BCUT2D eigenvalue weighted by Crippen LogP contribution is 2.24. The molecule has 12 nitrogen and oxygen atoms in total. The van der Waals surface area contributed by atoms with Crippen molar-refractivity contribution in [3.05, 3.63) is 30.0 Å². The van der Waals surface area contributed by atoms with Gasteiger partial charge in [0, 0.05) is 12.8 Å². The van der Waals surface area contributed by atoms with Crippen LogP contribution in [0, 0.1) is 0 Å². The number of carbonyl (C=O) groups is 2. The van der Waals surface area contributed by atoms with E-state index in [1.54, 1.807) is 0 Å². The van der Waals surface area contributed by atoms with Gasteiger partial charge in [0.1, 0.15) is 36.8 Å². The van der Waals surface area contributed by atoms with Crippen molar-refractivity contribution in [1.29, 1.82) is 0 Å². The third-order valence-electron chi connectivity index (χ3n) is 10.3. The summed E-state index contributed by atoms with van der Waals surface area (Å²) in [6.07, 6.45) is 27.3. The number of allylic oxidation sites excluding steroid dienone is 3. The molecule has 1 saturated heterocycles. The van der Waals surface area contributed by atoms with Gasteiger partial charge in [-0.25, -0.2) is 0 Å². The molecule has 1 rings (SSSR count). The summed E-state index contributed by atoms with van der Waals surface area (Å²) in [4.78, 5) is 25.3. The van der Waals surface area contributed by atoms with Crippen LogP contribution in [0.25, 0.3) is 0 Å². The third-order valence-corrected chi connectivity index (χ3v) is 11.0. The van der Waals surface area contributed by atoms with Crippen molar-refractivity contribution < 1.29 is 56.8 Å². The molecule has 0 aliphatic carbocycles. The highest BCUT2D eigenvalue weighted by atomic mass is 32.2. The Morgan fingerprint density at radius 3 is 1.67 bits per heavy atom. The van der Waals surface area contributed by atoms with Gasteiger partial charge in [0.25, 0.3) is 10.1 Å². The van der Waals surface area contributed by atoms with E-state index < -0.39 is 71.2 Å². The molecule has 13 heteroatoms. The van der Waals surface area contributed by atoms with Crippen molar-refractivity contribution in [2.75, 3.05) is 19.0 Å². The Morgan fingerprint density at radius 2 is 1.12 bits per heavy atom. The summed E-state index contributed by atoms with van der Waals surface area (Å²) in [5, 5.41) is 30.8. The fourth-order valence-corrected chi connectivity index (χ4v) is 7.42. The molecule has 1 fully saturated rings. The number of aliphatic hydroxyl groups is 3. The first-order valence-electron chi connectivity index (χ1n) is 22.6. The Morgan fingerprint density at radius 1 is 0.621 bits per heavy atom. The third kappa shape index (κ3) is 30.0. The minimum atomic E-state index is -4.61. The monoisotopic (exact) mass is 845 g/mol. The van der Waals surface area contributed by atoms with E-state index in [9.17, 15) is 37.9 Å². The van der Waals surface area contributed by atoms with Crippen LogP contribution in [0.4, 0.5) is 0 Å². The Labute approximate surface area is 351 Å². The zero-order chi connectivity index (χ0) is 42.7. The summed E-state index contributed by atoms with van der Waals surface area (Å²) in [6.45, 7) is 3.69. The molecule has 0 aromatic rings. The number of carbonyl (C=O) groups excluding carboxylic acids is 2. The molecule has 1 aliphatic rings. The maximum atomic E-state index is 12.8. The number of hydrogen-bond donors (Lipinski definition) is 4. The van der Waals surface area contributed by atoms with Gasteiger partial charge in [0.05, 0.1) is 6.61 Å². The zero-order valence-electron chi connectivity index (χ0n) is 35.9. The SMILES string of the molecule is CCCCCCCC=C=CCCCCCCCC(=O)O[C@H](COC(=O)CC/C=C/CCCCCCCCCCCCC)CO[C@H]1O[C@H](CS(=O)(=O)O)[C@@H](O)C(O)C1O. The highest BCUT2D eigenvalue weighted by molar-refractivity contribution is 7.85. The minimum absolute atomic E-state index is 0.132. The largest absolute Gasteiger partial charge is 0.462 e. The Kier molecular flexibility index (Phi) is 33.1. The summed E-state index contributed by atoms with van der Waals surface area (Å²) in [7, 11) is -4.61. The first-order chi connectivity index (χ1) is 28.0. The number of hydrogen-bond acceptors (Lipinski definition) is 11. The molecule has 58 heavy (non-hydrogen) atoms. The molecule has 338 valence electrons. The quantitative estimate of drug-likeness (QED) is 0.0153. The standard InChI is InChI=1S/C45H80O12S/c1-3-5-7-9-11-13-15-17-19-21-23-25-27-29-31-33-40(46)54-35-38(36-55-45-44(50)43(49)42(48)39(57-45)37-58(51,52)53)56-41(47)34-32-30-28-26-24-22-20-18-16-14-12-10-8-6-4-2/h16,20,27,29,38-39,42-45,48-50H,3-15,17,19,21-26,28,30-37H2,1-2H3,(H,51,52,53)/b29-27+/t18?,38-,39-,42-,43?,44?,45+/m1/s1. The Bertz CT molecular complexity index is 1230. The van der Waals surface area contributed by atoms with E-state index >= 15 is 0 Å². The average Bonchev–Trinajstić information content (AvgIpc) is 3.18. The number of ether oxygens (including phenoxy) is 4. The summed E-state index contributed by atoms with van der Waals surface area (Å²) >= 11 is 0. The number of rotatable bonds is 37. The summed E-state index contributed by atoms with van der Waals surface area (Å²) in [5.74, 6) is -2.06. The van der Waals surface area contributed by atoms with Crippen LogP contribution in [0.5, 0.6) is 0 Å². The summed E-state index contributed by atoms with van der Waals surface area (Å²) in [6, 6.07) is 0. The molecule has 1 aliphatic heterocycles. The normalized spacial score (nSPS) is 20.1. The van der Waals surface area contributed by atoms with E-state index in [0.717, 1.165) is 51.4 Å². The van der Waals surface area contributed by atoms with E-state index in [4.69, 9.17) is 18.9 Å². The van der Waals surface area contributed by atoms with Gasteiger partial charge in [-0.2, -0.15) is 8.42 Å². The molecule has 0 amide bonds. The predicted octanol–water partition coefficient (Wildman–Crippen LogP) is 8.99. The number of aliphatic hydroxyl groups excluding tert-OH is 3. The maximum absolute atomic E-state index is 12.8. The lowest BCUT2D eigenvalue weighted by molar-refractivity contribution is -0.297. The molecule has 0 radical (unpaired) electrons. The second kappa shape index (κ2) is 35.6. The predicted molar refractivity (Wildman–Crippen MR) is 228 cm³/mol. The van der Waals surface area contributed by atoms with Crippen molar-refractivity contribution in [3.8, 4) is 0 Å². The van der Waals surface area contributed by atoms with Crippen molar-refractivity contribution in [2.24, 2.45) is 0 Å². The van der Waals surface area contributed by atoms with Gasteiger partial charge in [-0.3, -0.25) is 14.1 Å². The molecule has 0 spiro atoms. The van der Waals surface area contributed by atoms with Gasteiger partial charge >= 0.3 is 11.9 Å². The molecule has 0 saturated carbocycles. The first kappa shape index (κ1) is 53.9. The van der Waals surface area contributed by atoms with E-state index in [1.807, 2.05) is 6.08 Å². The second-order valence-corrected chi connectivity index (χ2v) is 17.3. The van der Waals surface area contributed by atoms with Gasteiger partial charge in [-0.15, -0.1) is 5.73 Å². The first-order valence-corrected chi connectivity index (χ1v) is 24.2. The number of esters is 2. The Hall–Kier alpha value is -2.09. The molecule has 0 bridgehead atoms. The van der Waals surface area contributed by atoms with Crippen LogP contribution in [0.15, 0.2) is 30.0 Å². The lowest BCUT2D eigenvalue weighted by Crippen LogP contribution is -2.60. The molecule has 0 aromatic carbocycles. The lowest BCUT2D eigenvalue weighted by Gasteiger charge is -2.40. The molecule has 4 N–H and O–H groups in total. The molecule has 1 heterocycles. The summed E-state index contributed by atoms with van der Waals surface area (Å²) < 4.78 is 54.0. The van der Waals surface area contributed by atoms with Gasteiger partial charge < -0.3 is 34.3 Å². The van der Waals surface area contributed by atoms with Crippen LogP contribution in [0.3, 0.4) is 0 Å². The lowest BCUT2D eigenvalue weighted by atomic mass is 10.00. The number of unbranched alkanes of at least 4 members (excludes halogenated alkanes) is 21. The van der Waals surface area contributed by atoms with Crippen molar-refractivity contribution in [1.82, 2.24) is 0 Å². The zero-order valence-corrected chi connectivity index (χ0v) is 36.8.